The Hall–Kier alpha value is -1.77. The van der Waals surface area contributed by atoms with E-state index < -0.39 is 0 Å². The van der Waals surface area contributed by atoms with E-state index in [2.05, 4.69) is 34.9 Å². The van der Waals surface area contributed by atoms with Crippen LogP contribution >= 0.6 is 0 Å². The standard InChI is InChI=1S/C16H20N2O/c1-17-16(19)9-11-5-7-13(8-6-11)18-15-10-12-3-2-4-14(12)15/h2-3,5-8,12,14-15,18H,4,9-10H2,1H3,(H,17,19)/t12-,14-,15?/m0/s1. The van der Waals surface area contributed by atoms with Gasteiger partial charge >= 0.3 is 0 Å². The lowest BCUT2D eigenvalue weighted by atomic mass is 9.71. The van der Waals surface area contributed by atoms with Crippen molar-refractivity contribution in [1.29, 1.82) is 0 Å². The molecule has 0 radical (unpaired) electrons. The molecule has 1 aromatic carbocycles. The minimum absolute atomic E-state index is 0.0552. The van der Waals surface area contributed by atoms with Crippen LogP contribution < -0.4 is 10.6 Å². The number of hydrogen-bond donors (Lipinski definition) is 2. The third-order valence-corrected chi connectivity index (χ3v) is 4.33. The van der Waals surface area contributed by atoms with Crippen LogP contribution in [0.3, 0.4) is 0 Å². The van der Waals surface area contributed by atoms with Crippen molar-refractivity contribution in [3.05, 3.63) is 42.0 Å². The van der Waals surface area contributed by atoms with Crippen molar-refractivity contribution < 1.29 is 4.79 Å². The Morgan fingerprint density at radius 1 is 1.32 bits per heavy atom. The Balaban J connectivity index is 1.56. The number of likely N-dealkylation sites (N-methyl/N-ethyl adjacent to an activating group) is 1. The number of anilines is 1. The predicted molar refractivity (Wildman–Crippen MR) is 77.0 cm³/mol. The lowest BCUT2D eigenvalue weighted by Crippen LogP contribution is -2.43. The molecule has 3 atom stereocenters. The van der Waals surface area contributed by atoms with Gasteiger partial charge in [0.05, 0.1) is 6.42 Å². The summed E-state index contributed by atoms with van der Waals surface area (Å²) in [6.07, 6.45) is 7.59. The Bertz CT molecular complexity index is 492. The van der Waals surface area contributed by atoms with Gasteiger partial charge in [-0.15, -0.1) is 0 Å². The number of fused-ring (bicyclic) bond motifs is 1. The number of hydrogen-bond acceptors (Lipinski definition) is 2. The van der Waals surface area contributed by atoms with E-state index in [1.807, 2.05) is 12.1 Å². The Labute approximate surface area is 114 Å². The molecule has 2 aliphatic rings. The third kappa shape index (κ3) is 2.50. The molecule has 3 rings (SSSR count). The van der Waals surface area contributed by atoms with Crippen LogP contribution in [0.5, 0.6) is 0 Å². The van der Waals surface area contributed by atoms with Crippen LogP contribution in [0.25, 0.3) is 0 Å². The minimum Gasteiger partial charge on any atom is -0.382 e. The quantitative estimate of drug-likeness (QED) is 0.812. The monoisotopic (exact) mass is 256 g/mol. The molecular weight excluding hydrogens is 236 g/mol. The van der Waals surface area contributed by atoms with E-state index in [-0.39, 0.29) is 5.91 Å². The maximum atomic E-state index is 11.3. The van der Waals surface area contributed by atoms with Crippen LogP contribution in [0.15, 0.2) is 36.4 Å². The molecule has 2 N–H and O–H groups in total. The molecular formula is C16H20N2O. The molecule has 0 aliphatic heterocycles. The van der Waals surface area contributed by atoms with Crippen LogP contribution in [0.2, 0.25) is 0 Å². The summed E-state index contributed by atoms with van der Waals surface area (Å²) >= 11 is 0. The average Bonchev–Trinajstić information content (AvgIpc) is 2.79. The molecule has 2 aliphatic carbocycles. The number of carbonyl (C=O) groups excluding carboxylic acids is 1. The van der Waals surface area contributed by atoms with E-state index in [1.54, 1.807) is 7.05 Å². The molecule has 1 amide bonds. The Morgan fingerprint density at radius 3 is 2.79 bits per heavy atom. The Morgan fingerprint density at radius 2 is 2.11 bits per heavy atom. The van der Waals surface area contributed by atoms with E-state index in [9.17, 15) is 4.79 Å². The smallest absolute Gasteiger partial charge is 0.224 e. The lowest BCUT2D eigenvalue weighted by Gasteiger charge is -2.41. The van der Waals surface area contributed by atoms with Gasteiger partial charge in [0.15, 0.2) is 0 Å². The van der Waals surface area contributed by atoms with Gasteiger partial charge in [-0.2, -0.15) is 0 Å². The number of amides is 1. The van der Waals surface area contributed by atoms with Gasteiger partial charge in [-0.3, -0.25) is 4.79 Å². The molecule has 1 saturated carbocycles. The second-order valence-corrected chi connectivity index (χ2v) is 5.52. The van der Waals surface area contributed by atoms with Crippen molar-refractivity contribution in [3.8, 4) is 0 Å². The first kappa shape index (κ1) is 12.3. The van der Waals surface area contributed by atoms with E-state index >= 15 is 0 Å². The van der Waals surface area contributed by atoms with Gasteiger partial charge in [-0.25, -0.2) is 0 Å². The topological polar surface area (TPSA) is 41.1 Å². The third-order valence-electron chi connectivity index (χ3n) is 4.33. The predicted octanol–water partition coefficient (Wildman–Crippen LogP) is 2.35. The van der Waals surface area contributed by atoms with E-state index in [4.69, 9.17) is 0 Å². The molecule has 0 heterocycles. The van der Waals surface area contributed by atoms with Gasteiger partial charge in [0.25, 0.3) is 0 Å². The first-order valence-corrected chi connectivity index (χ1v) is 6.99. The molecule has 1 fully saturated rings. The molecule has 0 spiro atoms. The minimum atomic E-state index is 0.0552. The van der Waals surface area contributed by atoms with Crippen molar-refractivity contribution in [1.82, 2.24) is 5.32 Å². The summed E-state index contributed by atoms with van der Waals surface area (Å²) < 4.78 is 0. The maximum Gasteiger partial charge on any atom is 0.224 e. The number of nitrogens with one attached hydrogen (secondary N) is 2. The van der Waals surface area contributed by atoms with Crippen molar-refractivity contribution in [2.24, 2.45) is 11.8 Å². The van der Waals surface area contributed by atoms with Crippen molar-refractivity contribution >= 4 is 11.6 Å². The SMILES string of the molecule is CNC(=O)Cc1ccc(NC2C[C@@H]3C=CC[C@H]23)cc1. The molecule has 19 heavy (non-hydrogen) atoms. The highest BCUT2D eigenvalue weighted by Gasteiger charge is 2.40. The molecule has 0 saturated heterocycles. The van der Waals surface area contributed by atoms with Gasteiger partial charge in [-0.1, -0.05) is 24.3 Å². The van der Waals surface area contributed by atoms with Crippen molar-refractivity contribution in [3.63, 3.8) is 0 Å². The molecule has 3 nitrogen and oxygen atoms in total. The van der Waals surface area contributed by atoms with E-state index in [1.165, 1.54) is 12.8 Å². The molecule has 0 bridgehead atoms. The number of carbonyl (C=O) groups is 1. The van der Waals surface area contributed by atoms with Crippen LogP contribution in [0.1, 0.15) is 18.4 Å². The van der Waals surface area contributed by atoms with Gasteiger partial charge in [0.2, 0.25) is 5.91 Å². The van der Waals surface area contributed by atoms with Gasteiger partial charge in [-0.05, 0) is 42.4 Å². The molecule has 100 valence electrons. The van der Waals surface area contributed by atoms with E-state index in [0.717, 1.165) is 23.1 Å². The average molecular weight is 256 g/mol. The largest absolute Gasteiger partial charge is 0.382 e. The number of benzene rings is 1. The van der Waals surface area contributed by atoms with Crippen LogP contribution in [-0.2, 0) is 11.2 Å². The van der Waals surface area contributed by atoms with Gasteiger partial charge in [0, 0.05) is 18.8 Å². The highest BCUT2D eigenvalue weighted by Crippen LogP contribution is 2.44. The zero-order chi connectivity index (χ0) is 13.2. The van der Waals surface area contributed by atoms with Crippen LogP contribution in [-0.4, -0.2) is 19.0 Å². The van der Waals surface area contributed by atoms with Gasteiger partial charge < -0.3 is 10.6 Å². The van der Waals surface area contributed by atoms with E-state index in [0.29, 0.717) is 12.5 Å². The highest BCUT2D eigenvalue weighted by atomic mass is 16.1. The summed E-state index contributed by atoms with van der Waals surface area (Å²) in [6, 6.07) is 8.83. The Kier molecular flexibility index (Phi) is 3.28. The first-order chi connectivity index (χ1) is 9.26. The van der Waals surface area contributed by atoms with Crippen LogP contribution in [0, 0.1) is 11.8 Å². The molecule has 1 aromatic rings. The van der Waals surface area contributed by atoms with Gasteiger partial charge in [0.1, 0.15) is 0 Å². The fourth-order valence-corrected chi connectivity index (χ4v) is 3.09. The lowest BCUT2D eigenvalue weighted by molar-refractivity contribution is -0.119. The maximum absolute atomic E-state index is 11.3. The number of rotatable bonds is 4. The summed E-state index contributed by atoms with van der Waals surface area (Å²) in [6.45, 7) is 0. The zero-order valence-electron chi connectivity index (χ0n) is 11.2. The fourth-order valence-electron chi connectivity index (χ4n) is 3.09. The second kappa shape index (κ2) is 5.08. The normalized spacial score (nSPS) is 27.5. The summed E-state index contributed by atoms with van der Waals surface area (Å²) in [7, 11) is 1.67. The molecule has 1 unspecified atom stereocenters. The first-order valence-electron chi connectivity index (χ1n) is 6.99. The summed E-state index contributed by atoms with van der Waals surface area (Å²) in [4.78, 5) is 11.3. The van der Waals surface area contributed by atoms with Crippen molar-refractivity contribution in [2.45, 2.75) is 25.3 Å². The molecule has 3 heteroatoms. The van der Waals surface area contributed by atoms with Crippen LogP contribution in [0.4, 0.5) is 5.69 Å². The number of allylic oxidation sites excluding steroid dienone is 2. The highest BCUT2D eigenvalue weighted by molar-refractivity contribution is 5.78. The molecule has 0 aromatic heterocycles. The summed E-state index contributed by atoms with van der Waals surface area (Å²) in [5.74, 6) is 1.66. The summed E-state index contributed by atoms with van der Waals surface area (Å²) in [5.41, 5.74) is 2.22. The van der Waals surface area contributed by atoms with Crippen molar-refractivity contribution in [2.75, 3.05) is 12.4 Å². The fraction of sp³-hybridized carbons (Fsp3) is 0.438. The zero-order valence-corrected chi connectivity index (χ0v) is 11.2. The summed E-state index contributed by atoms with van der Waals surface area (Å²) in [5, 5.41) is 6.25. The second-order valence-electron chi connectivity index (χ2n) is 5.52.